The summed E-state index contributed by atoms with van der Waals surface area (Å²) < 4.78 is 27.2. The highest BCUT2D eigenvalue weighted by molar-refractivity contribution is 7.88. The minimum Gasteiger partial charge on any atom is -0.321 e. The van der Waals surface area contributed by atoms with Gasteiger partial charge in [-0.1, -0.05) is 42.5 Å². The number of sulfonamides is 1. The summed E-state index contributed by atoms with van der Waals surface area (Å²) >= 11 is 0. The van der Waals surface area contributed by atoms with Crippen LogP contribution in [0, 0.1) is 13.8 Å². The first kappa shape index (κ1) is 17.4. The molecule has 0 aliphatic heterocycles. The van der Waals surface area contributed by atoms with E-state index >= 15 is 0 Å². The van der Waals surface area contributed by atoms with E-state index in [4.69, 9.17) is 0 Å². The number of nitrogens with one attached hydrogen (secondary N) is 2. The molecule has 0 saturated carbocycles. The van der Waals surface area contributed by atoms with Crippen molar-refractivity contribution in [2.45, 2.75) is 26.1 Å². The Bertz CT molecular complexity index is 1090. The standard InChI is InChI=1S/C19H20N2O3S/c1-13-6-3-4-8-16(13)12-25(23,24)20-11-17-10-15-9-5-7-14(2)18(15)21-19(17)22/h3-10,20H,11-12H2,1-2H3,(H,21,22). The summed E-state index contributed by atoms with van der Waals surface area (Å²) in [6, 6.07) is 14.8. The summed E-state index contributed by atoms with van der Waals surface area (Å²) in [5.41, 5.74) is 3.54. The molecule has 0 aliphatic carbocycles. The summed E-state index contributed by atoms with van der Waals surface area (Å²) in [6.45, 7) is 3.76. The molecule has 0 saturated heterocycles. The third-order valence-electron chi connectivity index (χ3n) is 4.25. The van der Waals surface area contributed by atoms with Gasteiger partial charge in [0, 0.05) is 12.1 Å². The van der Waals surface area contributed by atoms with Crippen LogP contribution in [-0.2, 0) is 22.3 Å². The highest BCUT2D eigenvalue weighted by Gasteiger charge is 2.14. The number of H-pyrrole nitrogens is 1. The molecule has 0 aliphatic rings. The quantitative estimate of drug-likeness (QED) is 0.738. The van der Waals surface area contributed by atoms with Crippen molar-refractivity contribution in [1.29, 1.82) is 0 Å². The number of hydrogen-bond acceptors (Lipinski definition) is 3. The Hall–Kier alpha value is -2.44. The molecule has 130 valence electrons. The van der Waals surface area contributed by atoms with E-state index in [0.717, 1.165) is 27.6 Å². The van der Waals surface area contributed by atoms with Gasteiger partial charge in [0.05, 0.1) is 11.3 Å². The molecule has 25 heavy (non-hydrogen) atoms. The Labute approximate surface area is 146 Å². The maximum Gasteiger partial charge on any atom is 0.252 e. The molecule has 0 amide bonds. The minimum absolute atomic E-state index is 0.0343. The van der Waals surface area contributed by atoms with Gasteiger partial charge in [-0.05, 0) is 42.0 Å². The van der Waals surface area contributed by atoms with Crippen molar-refractivity contribution in [2.75, 3.05) is 0 Å². The first-order chi connectivity index (χ1) is 11.9. The van der Waals surface area contributed by atoms with Gasteiger partial charge in [-0.3, -0.25) is 4.79 Å². The molecule has 0 unspecified atom stereocenters. The van der Waals surface area contributed by atoms with Crippen LogP contribution in [0.5, 0.6) is 0 Å². The normalized spacial score (nSPS) is 11.8. The Balaban J connectivity index is 1.81. The van der Waals surface area contributed by atoms with Gasteiger partial charge in [0.15, 0.2) is 0 Å². The van der Waals surface area contributed by atoms with E-state index in [1.807, 2.05) is 50.2 Å². The number of aromatic amines is 1. The van der Waals surface area contributed by atoms with Crippen LogP contribution < -0.4 is 10.3 Å². The molecule has 0 bridgehead atoms. The van der Waals surface area contributed by atoms with Crippen molar-refractivity contribution in [3.8, 4) is 0 Å². The Kier molecular flexibility index (Phi) is 4.74. The molecule has 3 aromatic rings. The summed E-state index contributed by atoms with van der Waals surface area (Å²) in [4.78, 5) is 15.1. The predicted molar refractivity (Wildman–Crippen MR) is 99.9 cm³/mol. The second kappa shape index (κ2) is 6.82. The molecule has 2 aromatic carbocycles. The number of fused-ring (bicyclic) bond motifs is 1. The van der Waals surface area contributed by atoms with Crippen molar-refractivity contribution < 1.29 is 8.42 Å². The van der Waals surface area contributed by atoms with Crippen molar-refractivity contribution in [1.82, 2.24) is 9.71 Å². The number of pyridine rings is 1. The summed E-state index contributed by atoms with van der Waals surface area (Å²) in [5, 5.41) is 0.882. The van der Waals surface area contributed by atoms with Crippen LogP contribution in [0.1, 0.15) is 22.3 Å². The zero-order chi connectivity index (χ0) is 18.0. The van der Waals surface area contributed by atoms with E-state index in [1.54, 1.807) is 12.1 Å². The molecular weight excluding hydrogens is 336 g/mol. The fraction of sp³-hybridized carbons (Fsp3) is 0.211. The summed E-state index contributed by atoms with van der Waals surface area (Å²) in [5.74, 6) is -0.107. The molecule has 1 aromatic heterocycles. The van der Waals surface area contributed by atoms with Crippen molar-refractivity contribution in [3.63, 3.8) is 0 Å². The topological polar surface area (TPSA) is 79.0 Å². The Morgan fingerprint density at radius 2 is 1.68 bits per heavy atom. The molecule has 2 N–H and O–H groups in total. The Morgan fingerprint density at radius 1 is 0.960 bits per heavy atom. The second-order valence-corrected chi connectivity index (χ2v) is 7.98. The van der Waals surface area contributed by atoms with Crippen LogP contribution in [0.2, 0.25) is 0 Å². The van der Waals surface area contributed by atoms with Crippen LogP contribution in [0.15, 0.2) is 53.3 Å². The molecule has 0 spiro atoms. The lowest BCUT2D eigenvalue weighted by Crippen LogP contribution is -2.28. The van der Waals surface area contributed by atoms with Gasteiger partial charge in [-0.15, -0.1) is 0 Å². The molecule has 3 rings (SSSR count). The molecule has 0 fully saturated rings. The first-order valence-corrected chi connectivity index (χ1v) is 9.64. The van der Waals surface area contributed by atoms with Gasteiger partial charge < -0.3 is 4.98 Å². The van der Waals surface area contributed by atoms with E-state index < -0.39 is 10.0 Å². The number of aromatic nitrogens is 1. The zero-order valence-electron chi connectivity index (χ0n) is 14.2. The number of aryl methyl sites for hydroxylation is 2. The third-order valence-corrected chi connectivity index (χ3v) is 5.53. The van der Waals surface area contributed by atoms with Gasteiger partial charge in [0.25, 0.3) is 5.56 Å². The smallest absolute Gasteiger partial charge is 0.252 e. The van der Waals surface area contributed by atoms with Crippen LogP contribution in [0.25, 0.3) is 10.9 Å². The summed E-state index contributed by atoms with van der Waals surface area (Å²) in [6.07, 6.45) is 0. The molecule has 1 heterocycles. The lowest BCUT2D eigenvalue weighted by atomic mass is 10.1. The number of hydrogen-bond donors (Lipinski definition) is 2. The van der Waals surface area contributed by atoms with Crippen LogP contribution in [0.4, 0.5) is 0 Å². The van der Waals surface area contributed by atoms with Crippen LogP contribution in [0.3, 0.4) is 0 Å². The van der Waals surface area contributed by atoms with Gasteiger partial charge in [0.1, 0.15) is 0 Å². The molecule has 0 radical (unpaired) electrons. The minimum atomic E-state index is -3.54. The lowest BCUT2D eigenvalue weighted by molar-refractivity contribution is 0.580. The number of rotatable bonds is 5. The molecular formula is C19H20N2O3S. The van der Waals surface area contributed by atoms with Crippen LogP contribution >= 0.6 is 0 Å². The van der Waals surface area contributed by atoms with E-state index in [1.165, 1.54) is 0 Å². The van der Waals surface area contributed by atoms with Gasteiger partial charge >= 0.3 is 0 Å². The van der Waals surface area contributed by atoms with Crippen LogP contribution in [-0.4, -0.2) is 13.4 Å². The van der Waals surface area contributed by atoms with Crippen molar-refractivity contribution >= 4 is 20.9 Å². The fourth-order valence-electron chi connectivity index (χ4n) is 2.78. The largest absolute Gasteiger partial charge is 0.321 e. The van der Waals surface area contributed by atoms with Crippen molar-refractivity contribution in [2.24, 2.45) is 0 Å². The predicted octanol–water partition coefficient (Wildman–Crippen LogP) is 2.76. The van der Waals surface area contributed by atoms with Gasteiger partial charge in [-0.25, -0.2) is 13.1 Å². The second-order valence-electron chi connectivity index (χ2n) is 6.17. The number of benzene rings is 2. The monoisotopic (exact) mass is 356 g/mol. The lowest BCUT2D eigenvalue weighted by Gasteiger charge is -2.09. The number of para-hydroxylation sites is 1. The molecule has 0 atom stereocenters. The third kappa shape index (κ3) is 3.97. The fourth-order valence-corrected chi connectivity index (χ4v) is 3.99. The molecule has 6 heteroatoms. The average molecular weight is 356 g/mol. The van der Waals surface area contributed by atoms with E-state index in [2.05, 4.69) is 9.71 Å². The van der Waals surface area contributed by atoms with E-state index in [9.17, 15) is 13.2 Å². The van der Waals surface area contributed by atoms with Crippen molar-refractivity contribution in [3.05, 3.63) is 81.1 Å². The first-order valence-electron chi connectivity index (χ1n) is 7.99. The highest BCUT2D eigenvalue weighted by atomic mass is 32.2. The van der Waals surface area contributed by atoms with Gasteiger partial charge in [0.2, 0.25) is 10.0 Å². The summed E-state index contributed by atoms with van der Waals surface area (Å²) in [7, 11) is -3.54. The zero-order valence-corrected chi connectivity index (χ0v) is 15.0. The highest BCUT2D eigenvalue weighted by Crippen LogP contribution is 2.15. The van der Waals surface area contributed by atoms with E-state index in [0.29, 0.717) is 5.56 Å². The maximum absolute atomic E-state index is 12.3. The maximum atomic E-state index is 12.3. The molecule has 5 nitrogen and oxygen atoms in total. The SMILES string of the molecule is Cc1ccccc1CS(=O)(=O)NCc1cc2cccc(C)c2[nH]c1=O. The Morgan fingerprint density at radius 3 is 2.44 bits per heavy atom. The average Bonchev–Trinajstić information content (AvgIpc) is 2.56. The van der Waals surface area contributed by atoms with E-state index in [-0.39, 0.29) is 17.9 Å². The van der Waals surface area contributed by atoms with Gasteiger partial charge in [-0.2, -0.15) is 0 Å².